The van der Waals surface area contributed by atoms with E-state index in [2.05, 4.69) is 167 Å². The molecule has 0 fully saturated rings. The Hall–Kier alpha value is -4.71. The summed E-state index contributed by atoms with van der Waals surface area (Å²) in [6.07, 6.45) is 100. The minimum atomic E-state index is -0.812. The summed E-state index contributed by atoms with van der Waals surface area (Å²) in [6, 6.07) is 0. The van der Waals surface area contributed by atoms with Crippen molar-refractivity contribution in [2.24, 2.45) is 0 Å². The van der Waals surface area contributed by atoms with Crippen molar-refractivity contribution >= 4 is 17.9 Å². The predicted molar refractivity (Wildman–Crippen MR) is 362 cm³/mol. The van der Waals surface area contributed by atoms with E-state index < -0.39 is 6.10 Å². The maximum atomic E-state index is 13.0. The summed E-state index contributed by atoms with van der Waals surface area (Å²) in [6.45, 7) is 6.38. The molecule has 83 heavy (non-hydrogen) atoms. The molecule has 0 aliphatic rings. The zero-order valence-corrected chi connectivity index (χ0v) is 53.9. The van der Waals surface area contributed by atoms with Crippen LogP contribution < -0.4 is 0 Å². The van der Waals surface area contributed by atoms with Crippen molar-refractivity contribution in [2.75, 3.05) is 13.2 Å². The number of esters is 3. The summed E-state index contributed by atoms with van der Waals surface area (Å²) in [5.41, 5.74) is 0. The first-order valence-corrected chi connectivity index (χ1v) is 34.3. The molecule has 1 atom stereocenters. The van der Waals surface area contributed by atoms with E-state index in [4.69, 9.17) is 14.2 Å². The standard InChI is InChI=1S/C77H126O6/c1-4-7-10-13-16-19-22-25-28-30-32-34-36-37-38-39-41-42-44-46-49-52-55-58-61-64-67-70-76(79)82-73-74(72-81-75(78)69-66-63-60-57-54-51-48-27-24-21-18-15-12-9-6-3)83-77(80)71-68-65-62-59-56-53-50-47-45-43-40-35-33-31-29-26-23-20-17-14-11-8-5-2/h7,9-10,12,16,18-19,21,25,27-28,31-34,37-38,41-42,46,48-49,55,58,74H,4-6,8,11,13-15,17,20,22-24,26,29-30,35-36,39-40,43-45,47,50-54,56-57,59-73H2,1-3H3/b10-7-,12-9-,19-16-,21-18-,28-25-,33-31-,34-32-,38-37-,42-41-,48-27-,49-46-,58-55-. The minimum absolute atomic E-state index is 0.105. The van der Waals surface area contributed by atoms with Gasteiger partial charge in [0.15, 0.2) is 6.10 Å². The number of rotatable bonds is 61. The predicted octanol–water partition coefficient (Wildman–Crippen LogP) is 23.9. The smallest absolute Gasteiger partial charge is 0.306 e. The van der Waals surface area contributed by atoms with E-state index in [1.54, 1.807) is 0 Å². The van der Waals surface area contributed by atoms with Crippen LogP contribution in [-0.2, 0) is 28.6 Å². The Morgan fingerprint density at radius 1 is 0.253 bits per heavy atom. The van der Waals surface area contributed by atoms with Crippen molar-refractivity contribution in [1.82, 2.24) is 0 Å². The summed E-state index contributed by atoms with van der Waals surface area (Å²) in [5, 5.41) is 0. The molecule has 0 bridgehead atoms. The molecule has 6 nitrogen and oxygen atoms in total. The van der Waals surface area contributed by atoms with E-state index >= 15 is 0 Å². The molecular formula is C77H126O6. The highest BCUT2D eigenvalue weighted by Crippen LogP contribution is 2.16. The molecule has 0 saturated heterocycles. The van der Waals surface area contributed by atoms with Gasteiger partial charge in [0.25, 0.3) is 0 Å². The first-order valence-electron chi connectivity index (χ1n) is 34.3. The van der Waals surface area contributed by atoms with Crippen LogP contribution in [0.4, 0.5) is 0 Å². The van der Waals surface area contributed by atoms with Crippen LogP contribution in [0, 0.1) is 0 Å². The molecule has 0 aromatic rings. The molecule has 0 rings (SSSR count). The van der Waals surface area contributed by atoms with Gasteiger partial charge in [-0.2, -0.15) is 0 Å². The Balaban J connectivity index is 4.46. The van der Waals surface area contributed by atoms with Gasteiger partial charge in [-0.25, -0.2) is 0 Å². The van der Waals surface area contributed by atoms with Gasteiger partial charge < -0.3 is 14.2 Å². The number of hydrogen-bond acceptors (Lipinski definition) is 6. The van der Waals surface area contributed by atoms with Crippen LogP contribution in [0.15, 0.2) is 146 Å². The molecule has 0 saturated carbocycles. The van der Waals surface area contributed by atoms with Gasteiger partial charge in [-0.1, -0.05) is 289 Å². The molecule has 0 aliphatic heterocycles. The highest BCUT2D eigenvalue weighted by molar-refractivity contribution is 5.71. The third-order valence-corrected chi connectivity index (χ3v) is 14.3. The van der Waals surface area contributed by atoms with E-state index in [1.807, 2.05) is 0 Å². The second kappa shape index (κ2) is 69.8. The number of carbonyl (C=O) groups is 3. The number of hydrogen-bond donors (Lipinski definition) is 0. The van der Waals surface area contributed by atoms with E-state index in [0.717, 1.165) is 141 Å². The molecule has 0 aliphatic carbocycles. The first kappa shape index (κ1) is 78.3. The van der Waals surface area contributed by atoms with Crippen LogP contribution in [-0.4, -0.2) is 37.2 Å². The minimum Gasteiger partial charge on any atom is -0.462 e. The van der Waals surface area contributed by atoms with Gasteiger partial charge >= 0.3 is 17.9 Å². The van der Waals surface area contributed by atoms with Gasteiger partial charge in [-0.3, -0.25) is 14.4 Å². The highest BCUT2D eigenvalue weighted by atomic mass is 16.6. The molecule has 0 N–H and O–H groups in total. The van der Waals surface area contributed by atoms with E-state index in [-0.39, 0.29) is 31.1 Å². The fourth-order valence-electron chi connectivity index (χ4n) is 9.23. The molecule has 0 radical (unpaired) electrons. The zero-order chi connectivity index (χ0) is 59.9. The fourth-order valence-corrected chi connectivity index (χ4v) is 9.23. The molecule has 0 spiro atoms. The Morgan fingerprint density at radius 3 is 0.771 bits per heavy atom. The monoisotopic (exact) mass is 1150 g/mol. The Bertz CT molecular complexity index is 1800. The lowest BCUT2D eigenvalue weighted by atomic mass is 10.0. The molecule has 1 unspecified atom stereocenters. The summed E-state index contributed by atoms with van der Waals surface area (Å²) < 4.78 is 16.9. The average Bonchev–Trinajstić information content (AvgIpc) is 3.49. The van der Waals surface area contributed by atoms with Crippen molar-refractivity contribution in [3.05, 3.63) is 146 Å². The van der Waals surface area contributed by atoms with Crippen molar-refractivity contribution in [2.45, 2.75) is 309 Å². The van der Waals surface area contributed by atoms with Crippen molar-refractivity contribution < 1.29 is 28.6 Å². The van der Waals surface area contributed by atoms with Gasteiger partial charge in [0.05, 0.1) is 0 Å². The lowest BCUT2D eigenvalue weighted by molar-refractivity contribution is -0.167. The topological polar surface area (TPSA) is 78.9 Å². The van der Waals surface area contributed by atoms with Crippen molar-refractivity contribution in [3.8, 4) is 0 Å². The Labute approximate surface area is 512 Å². The molecule has 470 valence electrons. The van der Waals surface area contributed by atoms with E-state index in [9.17, 15) is 14.4 Å². The Morgan fingerprint density at radius 2 is 0.470 bits per heavy atom. The second-order valence-corrected chi connectivity index (χ2v) is 22.3. The van der Waals surface area contributed by atoms with Crippen molar-refractivity contribution in [1.29, 1.82) is 0 Å². The molecule has 0 aromatic carbocycles. The SMILES string of the molecule is CC/C=C\C/C=C\C/C=C\C/C=C\C/C=C\C/C=C\C/C=C\C/C=C\CCCCC(=O)OCC(COC(=O)CCCCCCC/C=C\C/C=C\C/C=C\CC)OC(=O)CCCCCCCCCCCCC/C=C\CCCCCCCCCC. The lowest BCUT2D eigenvalue weighted by Crippen LogP contribution is -2.30. The number of unbranched alkanes of at least 4 members (excludes halogenated alkanes) is 26. The molecule has 0 heterocycles. The maximum Gasteiger partial charge on any atom is 0.306 e. The maximum absolute atomic E-state index is 13.0. The van der Waals surface area contributed by atoms with Crippen LogP contribution in [0.2, 0.25) is 0 Å². The van der Waals surface area contributed by atoms with Gasteiger partial charge in [-0.15, -0.1) is 0 Å². The van der Waals surface area contributed by atoms with Crippen LogP contribution >= 0.6 is 0 Å². The third-order valence-electron chi connectivity index (χ3n) is 14.3. The third kappa shape index (κ3) is 68.0. The largest absolute Gasteiger partial charge is 0.462 e. The van der Waals surface area contributed by atoms with E-state index in [1.165, 1.54) is 116 Å². The summed E-state index contributed by atoms with van der Waals surface area (Å²) in [4.78, 5) is 38.4. The number of allylic oxidation sites excluding steroid dienone is 24. The van der Waals surface area contributed by atoms with Crippen LogP contribution in [0.3, 0.4) is 0 Å². The molecular weight excluding hydrogens is 1020 g/mol. The summed E-state index contributed by atoms with van der Waals surface area (Å²) >= 11 is 0. The zero-order valence-electron chi connectivity index (χ0n) is 53.9. The fraction of sp³-hybridized carbons (Fsp3) is 0.649. The lowest BCUT2D eigenvalue weighted by Gasteiger charge is -2.18. The normalized spacial score (nSPS) is 13.0. The highest BCUT2D eigenvalue weighted by Gasteiger charge is 2.19. The van der Waals surface area contributed by atoms with Crippen LogP contribution in [0.1, 0.15) is 303 Å². The molecule has 0 aromatic heterocycles. The number of carbonyl (C=O) groups excluding carboxylic acids is 3. The first-order chi connectivity index (χ1) is 41.0. The van der Waals surface area contributed by atoms with Crippen LogP contribution in [0.5, 0.6) is 0 Å². The number of ether oxygens (including phenoxy) is 3. The summed E-state index contributed by atoms with van der Waals surface area (Å²) in [5.74, 6) is -0.963. The van der Waals surface area contributed by atoms with Gasteiger partial charge in [0.2, 0.25) is 0 Å². The van der Waals surface area contributed by atoms with Crippen LogP contribution in [0.25, 0.3) is 0 Å². The summed E-state index contributed by atoms with van der Waals surface area (Å²) in [7, 11) is 0. The van der Waals surface area contributed by atoms with Gasteiger partial charge in [-0.05, 0) is 141 Å². The Kier molecular flexibility index (Phi) is 65.8. The molecule has 0 amide bonds. The average molecular weight is 1150 g/mol. The second-order valence-electron chi connectivity index (χ2n) is 22.3. The van der Waals surface area contributed by atoms with E-state index in [0.29, 0.717) is 25.7 Å². The van der Waals surface area contributed by atoms with Crippen molar-refractivity contribution in [3.63, 3.8) is 0 Å². The van der Waals surface area contributed by atoms with Gasteiger partial charge in [0, 0.05) is 19.3 Å². The quantitative estimate of drug-likeness (QED) is 0.0261. The van der Waals surface area contributed by atoms with Gasteiger partial charge in [0.1, 0.15) is 13.2 Å². The molecule has 6 heteroatoms.